The van der Waals surface area contributed by atoms with E-state index in [9.17, 15) is 9.59 Å². The highest BCUT2D eigenvalue weighted by Crippen LogP contribution is 2.28. The minimum Gasteiger partial charge on any atom is -0.493 e. The van der Waals surface area contributed by atoms with Gasteiger partial charge < -0.3 is 19.5 Å². The smallest absolute Gasteiger partial charge is 0.308 e. The molecule has 1 N–H and O–H groups in total. The number of benzene rings is 3. The van der Waals surface area contributed by atoms with Gasteiger partial charge in [0.05, 0.1) is 7.11 Å². The molecule has 3 aromatic carbocycles. The van der Waals surface area contributed by atoms with E-state index in [2.05, 4.69) is 5.32 Å². The maximum atomic E-state index is 12.4. The number of para-hydroxylation sites is 2. The van der Waals surface area contributed by atoms with E-state index >= 15 is 0 Å². The van der Waals surface area contributed by atoms with E-state index < -0.39 is 5.97 Å². The molecule has 6 heteroatoms. The number of rotatable bonds is 8. The largest absolute Gasteiger partial charge is 0.493 e. The first-order valence-electron chi connectivity index (χ1n) is 9.66. The molecule has 1 amide bonds. The van der Waals surface area contributed by atoms with Crippen LogP contribution in [-0.4, -0.2) is 19.0 Å². The van der Waals surface area contributed by atoms with Crippen molar-refractivity contribution in [3.8, 4) is 17.2 Å². The van der Waals surface area contributed by atoms with Gasteiger partial charge in [-0.1, -0.05) is 42.5 Å². The van der Waals surface area contributed by atoms with Gasteiger partial charge in [0.25, 0.3) is 0 Å². The van der Waals surface area contributed by atoms with Crippen molar-refractivity contribution in [2.75, 3.05) is 12.4 Å². The maximum Gasteiger partial charge on any atom is 0.308 e. The zero-order chi connectivity index (χ0) is 22.1. The van der Waals surface area contributed by atoms with Gasteiger partial charge in [-0.2, -0.15) is 0 Å². The van der Waals surface area contributed by atoms with E-state index in [0.29, 0.717) is 29.4 Å². The summed E-state index contributed by atoms with van der Waals surface area (Å²) in [7, 11) is 1.49. The number of amides is 1. The molecule has 3 aromatic rings. The molecular formula is C25H23NO5. The average Bonchev–Trinajstić information content (AvgIpc) is 2.77. The third kappa shape index (κ3) is 6.47. The number of carbonyl (C=O) groups excluding carboxylic acids is 2. The highest BCUT2D eigenvalue weighted by atomic mass is 16.6. The van der Waals surface area contributed by atoms with Crippen LogP contribution in [0.1, 0.15) is 18.1 Å². The van der Waals surface area contributed by atoms with E-state index in [1.807, 2.05) is 54.6 Å². The number of ether oxygens (including phenoxy) is 3. The van der Waals surface area contributed by atoms with Crippen molar-refractivity contribution >= 4 is 23.6 Å². The summed E-state index contributed by atoms with van der Waals surface area (Å²) in [5.41, 5.74) is 2.21. The van der Waals surface area contributed by atoms with E-state index in [1.165, 1.54) is 20.1 Å². The number of anilines is 1. The molecule has 31 heavy (non-hydrogen) atoms. The SMILES string of the molecule is COc1ccc(C=CC(=O)Nc2ccccc2COc2ccccc2)cc1OC(C)=O. The van der Waals surface area contributed by atoms with Gasteiger partial charge in [0.1, 0.15) is 12.4 Å². The van der Waals surface area contributed by atoms with E-state index in [0.717, 1.165) is 11.3 Å². The van der Waals surface area contributed by atoms with E-state index in [1.54, 1.807) is 24.3 Å². The van der Waals surface area contributed by atoms with Gasteiger partial charge in [-0.15, -0.1) is 0 Å². The Kier molecular flexibility index (Phi) is 7.43. The summed E-state index contributed by atoms with van der Waals surface area (Å²) in [5, 5.41) is 2.87. The van der Waals surface area contributed by atoms with E-state index in [4.69, 9.17) is 14.2 Å². The lowest BCUT2D eigenvalue weighted by Gasteiger charge is -2.11. The first kappa shape index (κ1) is 21.6. The Morgan fingerprint density at radius 2 is 1.68 bits per heavy atom. The number of hydrogen-bond donors (Lipinski definition) is 1. The normalized spacial score (nSPS) is 10.5. The lowest BCUT2D eigenvalue weighted by molar-refractivity contribution is -0.132. The number of esters is 1. The standard InChI is InChI=1S/C25H23NO5/c1-18(27)31-24-16-19(12-14-23(24)29-2)13-15-25(28)26-22-11-7-6-8-20(22)17-30-21-9-4-3-5-10-21/h3-16H,17H2,1-2H3,(H,26,28). The molecule has 0 aliphatic heterocycles. The molecule has 158 valence electrons. The monoisotopic (exact) mass is 417 g/mol. The summed E-state index contributed by atoms with van der Waals surface area (Å²) < 4.78 is 16.1. The lowest BCUT2D eigenvalue weighted by atomic mass is 10.1. The van der Waals surface area contributed by atoms with Crippen molar-refractivity contribution in [2.45, 2.75) is 13.5 Å². The zero-order valence-electron chi connectivity index (χ0n) is 17.3. The number of carbonyl (C=O) groups is 2. The third-order valence-electron chi connectivity index (χ3n) is 4.28. The minimum atomic E-state index is -0.452. The second kappa shape index (κ2) is 10.6. The molecule has 0 atom stereocenters. The van der Waals surface area contributed by atoms with E-state index in [-0.39, 0.29) is 5.91 Å². The second-order valence-corrected chi connectivity index (χ2v) is 6.59. The minimum absolute atomic E-state index is 0.293. The summed E-state index contributed by atoms with van der Waals surface area (Å²) >= 11 is 0. The van der Waals surface area contributed by atoms with Gasteiger partial charge in [0, 0.05) is 24.3 Å². The van der Waals surface area contributed by atoms with Crippen LogP contribution in [0.3, 0.4) is 0 Å². The highest BCUT2D eigenvalue weighted by molar-refractivity contribution is 6.02. The van der Waals surface area contributed by atoms with Gasteiger partial charge in [-0.3, -0.25) is 9.59 Å². The van der Waals surface area contributed by atoms with Crippen molar-refractivity contribution in [1.29, 1.82) is 0 Å². The summed E-state index contributed by atoms with van der Waals surface area (Å²) in [6.45, 7) is 1.64. The van der Waals surface area contributed by atoms with Crippen LogP contribution in [0.15, 0.2) is 78.9 Å². The quantitative estimate of drug-likeness (QED) is 0.322. The van der Waals surface area contributed by atoms with Crippen LogP contribution in [0.2, 0.25) is 0 Å². The summed E-state index contributed by atoms with van der Waals surface area (Å²) in [5.74, 6) is 0.736. The van der Waals surface area contributed by atoms with Crippen LogP contribution in [0.4, 0.5) is 5.69 Å². The van der Waals surface area contributed by atoms with Crippen molar-refractivity contribution in [3.63, 3.8) is 0 Å². The van der Waals surface area contributed by atoms with Crippen LogP contribution in [0, 0.1) is 0 Å². The maximum absolute atomic E-state index is 12.4. The fraction of sp³-hybridized carbons (Fsp3) is 0.120. The Morgan fingerprint density at radius 3 is 2.42 bits per heavy atom. The molecule has 0 radical (unpaired) electrons. The summed E-state index contributed by atoms with van der Waals surface area (Å²) in [6.07, 6.45) is 3.04. The summed E-state index contributed by atoms with van der Waals surface area (Å²) in [6, 6.07) is 22.0. The Morgan fingerprint density at radius 1 is 0.935 bits per heavy atom. The Balaban J connectivity index is 1.67. The fourth-order valence-electron chi connectivity index (χ4n) is 2.82. The molecule has 0 saturated carbocycles. The molecule has 0 bridgehead atoms. The van der Waals surface area contributed by atoms with Crippen molar-refractivity contribution in [2.24, 2.45) is 0 Å². The molecule has 0 fully saturated rings. The van der Waals surface area contributed by atoms with Crippen molar-refractivity contribution in [3.05, 3.63) is 90.0 Å². The predicted molar refractivity (Wildman–Crippen MR) is 119 cm³/mol. The van der Waals surface area contributed by atoms with Crippen LogP contribution >= 0.6 is 0 Å². The van der Waals surface area contributed by atoms with Gasteiger partial charge in [-0.25, -0.2) is 0 Å². The van der Waals surface area contributed by atoms with Gasteiger partial charge in [0.15, 0.2) is 11.5 Å². The molecule has 0 saturated heterocycles. The predicted octanol–water partition coefficient (Wildman–Crippen LogP) is 4.85. The zero-order valence-corrected chi connectivity index (χ0v) is 17.3. The topological polar surface area (TPSA) is 73.9 Å². The Hall–Kier alpha value is -4.06. The molecule has 3 rings (SSSR count). The molecular weight excluding hydrogens is 394 g/mol. The van der Waals surface area contributed by atoms with Crippen LogP contribution in [-0.2, 0) is 16.2 Å². The molecule has 0 aromatic heterocycles. The van der Waals surface area contributed by atoms with Crippen LogP contribution in [0.5, 0.6) is 17.2 Å². The molecule has 0 spiro atoms. The fourth-order valence-corrected chi connectivity index (χ4v) is 2.82. The van der Waals surface area contributed by atoms with Crippen molar-refractivity contribution < 1.29 is 23.8 Å². The van der Waals surface area contributed by atoms with Crippen molar-refractivity contribution in [1.82, 2.24) is 0 Å². The third-order valence-corrected chi connectivity index (χ3v) is 4.28. The highest BCUT2D eigenvalue weighted by Gasteiger charge is 2.08. The number of nitrogens with one attached hydrogen (secondary N) is 1. The molecule has 0 unspecified atom stereocenters. The summed E-state index contributed by atoms with van der Waals surface area (Å²) in [4.78, 5) is 23.7. The Bertz CT molecular complexity index is 1080. The number of methoxy groups -OCH3 is 1. The lowest BCUT2D eigenvalue weighted by Crippen LogP contribution is -2.10. The molecule has 0 aliphatic carbocycles. The van der Waals surface area contributed by atoms with Gasteiger partial charge in [0.2, 0.25) is 5.91 Å². The van der Waals surface area contributed by atoms with Crippen LogP contribution in [0.25, 0.3) is 6.08 Å². The average molecular weight is 417 g/mol. The molecule has 6 nitrogen and oxygen atoms in total. The van der Waals surface area contributed by atoms with Gasteiger partial charge in [-0.05, 0) is 42.0 Å². The molecule has 0 aliphatic rings. The van der Waals surface area contributed by atoms with Gasteiger partial charge >= 0.3 is 5.97 Å². The molecule has 0 heterocycles. The number of hydrogen-bond acceptors (Lipinski definition) is 5. The first-order valence-corrected chi connectivity index (χ1v) is 9.66. The Labute approximate surface area is 181 Å². The second-order valence-electron chi connectivity index (χ2n) is 6.59. The van der Waals surface area contributed by atoms with Crippen LogP contribution < -0.4 is 19.5 Å². The first-order chi connectivity index (χ1) is 15.0.